The van der Waals surface area contributed by atoms with Crippen LogP contribution in [-0.4, -0.2) is 42.0 Å². The molecular formula is C28H25Cl2F2N3O. The van der Waals surface area contributed by atoms with Crippen molar-refractivity contribution < 1.29 is 13.6 Å². The van der Waals surface area contributed by atoms with E-state index in [2.05, 4.69) is 9.88 Å². The summed E-state index contributed by atoms with van der Waals surface area (Å²) in [4.78, 5) is 21.8. The van der Waals surface area contributed by atoms with E-state index in [4.69, 9.17) is 23.2 Å². The minimum atomic E-state index is -0.571. The number of aryl methyl sites for hydroxylation is 1. The van der Waals surface area contributed by atoms with Crippen molar-refractivity contribution in [3.8, 4) is 0 Å². The van der Waals surface area contributed by atoms with Crippen LogP contribution < -0.4 is 4.90 Å². The predicted molar refractivity (Wildman–Crippen MR) is 140 cm³/mol. The SMILES string of the molecule is Cc1cc(C(=O)N2CC3(CCN(C/C=C/c4c(F)cccc4F)CC3)c3cc(Cl)ccc32)cc(Cl)n1. The lowest BCUT2D eigenvalue weighted by Gasteiger charge is -2.39. The van der Waals surface area contributed by atoms with Gasteiger partial charge < -0.3 is 4.90 Å². The molecule has 5 rings (SSSR count). The van der Waals surface area contributed by atoms with Crippen molar-refractivity contribution in [1.29, 1.82) is 0 Å². The number of piperidine rings is 1. The Morgan fingerprint density at radius 3 is 2.50 bits per heavy atom. The molecule has 3 aromatic rings. The topological polar surface area (TPSA) is 36.4 Å². The molecule has 2 aliphatic heterocycles. The number of hydrogen-bond donors (Lipinski definition) is 0. The number of fused-ring (bicyclic) bond motifs is 2. The van der Waals surface area contributed by atoms with Crippen molar-refractivity contribution in [3.63, 3.8) is 0 Å². The van der Waals surface area contributed by atoms with E-state index in [9.17, 15) is 13.6 Å². The van der Waals surface area contributed by atoms with E-state index in [1.165, 1.54) is 24.3 Å². The van der Waals surface area contributed by atoms with Gasteiger partial charge in [-0.05, 0) is 80.9 Å². The summed E-state index contributed by atoms with van der Waals surface area (Å²) < 4.78 is 27.8. The standard InChI is InChI=1S/C28H25Cl2F2N3O/c1-18-14-19(15-26(30)33-18)27(36)35-17-28(22-16-20(29)7-8-25(22)35)9-12-34(13-10-28)11-3-4-21-23(31)5-2-6-24(21)32/h2-8,14-16H,9-13,17H2,1H3/b4-3+. The number of pyridine rings is 1. The molecule has 0 atom stereocenters. The largest absolute Gasteiger partial charge is 0.307 e. The summed E-state index contributed by atoms with van der Waals surface area (Å²) in [6, 6.07) is 12.9. The first kappa shape index (κ1) is 24.9. The number of aromatic nitrogens is 1. The number of benzene rings is 2. The number of likely N-dealkylation sites (tertiary alicyclic amines) is 1. The Kier molecular flexibility index (Phi) is 6.86. The van der Waals surface area contributed by atoms with Gasteiger partial charge in [-0.25, -0.2) is 13.8 Å². The maximum atomic E-state index is 13.9. The molecule has 2 aliphatic rings. The molecule has 0 N–H and O–H groups in total. The summed E-state index contributed by atoms with van der Waals surface area (Å²) in [5.74, 6) is -1.25. The molecule has 2 aromatic carbocycles. The van der Waals surface area contributed by atoms with Crippen LogP contribution in [0.1, 0.15) is 40.0 Å². The second-order valence-electron chi connectivity index (χ2n) is 9.49. The number of carbonyl (C=O) groups is 1. The van der Waals surface area contributed by atoms with Crippen LogP contribution in [-0.2, 0) is 5.41 Å². The molecule has 4 nitrogen and oxygen atoms in total. The molecule has 1 amide bonds. The second kappa shape index (κ2) is 9.92. The van der Waals surface area contributed by atoms with Crippen LogP contribution in [0.3, 0.4) is 0 Å². The summed E-state index contributed by atoms with van der Waals surface area (Å²) in [7, 11) is 0. The number of rotatable bonds is 4. The van der Waals surface area contributed by atoms with Gasteiger partial charge in [0, 0.05) is 46.0 Å². The monoisotopic (exact) mass is 527 g/mol. The van der Waals surface area contributed by atoms with Gasteiger partial charge in [-0.15, -0.1) is 0 Å². The summed E-state index contributed by atoms with van der Waals surface area (Å²) in [5, 5.41) is 0.933. The second-order valence-corrected chi connectivity index (χ2v) is 10.3. The van der Waals surface area contributed by atoms with Gasteiger partial charge in [-0.2, -0.15) is 0 Å². The minimum Gasteiger partial charge on any atom is -0.307 e. The van der Waals surface area contributed by atoms with Crippen molar-refractivity contribution in [3.05, 3.63) is 98.8 Å². The zero-order chi connectivity index (χ0) is 25.4. The summed E-state index contributed by atoms with van der Waals surface area (Å²) in [6.45, 7) is 4.54. The normalized spacial score (nSPS) is 17.2. The molecule has 0 aliphatic carbocycles. The molecule has 0 unspecified atom stereocenters. The Hall–Kier alpha value is -2.80. The molecule has 1 fully saturated rings. The number of anilines is 1. The average Bonchev–Trinajstić information content (AvgIpc) is 3.14. The fraction of sp³-hybridized carbons (Fsp3) is 0.286. The Morgan fingerprint density at radius 1 is 1.08 bits per heavy atom. The first-order valence-electron chi connectivity index (χ1n) is 11.8. The molecule has 0 bridgehead atoms. The van der Waals surface area contributed by atoms with Gasteiger partial charge in [0.25, 0.3) is 5.91 Å². The van der Waals surface area contributed by atoms with E-state index < -0.39 is 11.6 Å². The van der Waals surface area contributed by atoms with Crippen LogP contribution >= 0.6 is 23.2 Å². The fourth-order valence-electron chi connectivity index (χ4n) is 5.31. The highest BCUT2D eigenvalue weighted by atomic mass is 35.5. The van der Waals surface area contributed by atoms with E-state index >= 15 is 0 Å². The molecule has 0 radical (unpaired) electrons. The third-order valence-corrected chi connectivity index (χ3v) is 7.59. The maximum Gasteiger partial charge on any atom is 0.258 e. The molecule has 1 spiro atoms. The van der Waals surface area contributed by atoms with Crippen molar-refractivity contribution in [1.82, 2.24) is 9.88 Å². The molecule has 8 heteroatoms. The zero-order valence-electron chi connectivity index (χ0n) is 19.8. The Labute approximate surface area is 219 Å². The van der Waals surface area contributed by atoms with Crippen LogP contribution in [0.2, 0.25) is 10.2 Å². The molecule has 1 aromatic heterocycles. The van der Waals surface area contributed by atoms with Gasteiger partial charge in [-0.3, -0.25) is 9.69 Å². The van der Waals surface area contributed by atoms with E-state index in [0.29, 0.717) is 34.5 Å². The molecule has 186 valence electrons. The van der Waals surface area contributed by atoms with Crippen molar-refractivity contribution >= 4 is 40.9 Å². The van der Waals surface area contributed by atoms with Crippen molar-refractivity contribution in [2.24, 2.45) is 0 Å². The maximum absolute atomic E-state index is 13.9. The lowest BCUT2D eigenvalue weighted by atomic mass is 9.74. The zero-order valence-corrected chi connectivity index (χ0v) is 21.3. The first-order valence-corrected chi connectivity index (χ1v) is 12.6. The lowest BCUT2D eigenvalue weighted by molar-refractivity contribution is 0.0977. The van der Waals surface area contributed by atoms with E-state index in [1.54, 1.807) is 18.2 Å². The summed E-state index contributed by atoms with van der Waals surface area (Å²) in [5.41, 5.74) is 2.92. The molecule has 1 saturated heterocycles. The van der Waals surface area contributed by atoms with Crippen molar-refractivity contribution in [2.45, 2.75) is 25.2 Å². The number of amides is 1. The number of carbonyl (C=O) groups excluding carboxylic acids is 1. The molecule has 36 heavy (non-hydrogen) atoms. The quantitative estimate of drug-likeness (QED) is 0.355. The Bertz CT molecular complexity index is 1310. The highest BCUT2D eigenvalue weighted by molar-refractivity contribution is 6.31. The number of nitrogens with zero attached hydrogens (tertiary/aromatic N) is 3. The van der Waals surface area contributed by atoms with Gasteiger partial charge in [0.2, 0.25) is 0 Å². The highest BCUT2D eigenvalue weighted by Gasteiger charge is 2.46. The van der Waals surface area contributed by atoms with Gasteiger partial charge in [0.15, 0.2) is 0 Å². The van der Waals surface area contributed by atoms with E-state index in [0.717, 1.165) is 37.2 Å². The van der Waals surface area contributed by atoms with Gasteiger partial charge in [-0.1, -0.05) is 41.4 Å². The van der Waals surface area contributed by atoms with Gasteiger partial charge in [0.1, 0.15) is 16.8 Å². The minimum absolute atomic E-state index is 0.0223. The third-order valence-electron chi connectivity index (χ3n) is 7.16. The van der Waals surface area contributed by atoms with Gasteiger partial charge in [0.05, 0.1) is 0 Å². The average molecular weight is 528 g/mol. The molecular weight excluding hydrogens is 503 g/mol. The van der Waals surface area contributed by atoms with Crippen molar-refractivity contribution in [2.75, 3.05) is 31.1 Å². The molecule has 0 saturated carbocycles. The Morgan fingerprint density at radius 2 is 1.81 bits per heavy atom. The smallest absolute Gasteiger partial charge is 0.258 e. The number of halogens is 4. The summed E-state index contributed by atoms with van der Waals surface area (Å²) in [6.07, 6.45) is 4.97. The van der Waals surface area contributed by atoms with Crippen LogP contribution in [0.25, 0.3) is 6.08 Å². The Balaban J connectivity index is 1.33. The fourth-order valence-corrected chi connectivity index (χ4v) is 5.73. The van der Waals surface area contributed by atoms with Crippen LogP contribution in [0.4, 0.5) is 14.5 Å². The predicted octanol–water partition coefficient (Wildman–Crippen LogP) is 6.68. The van der Waals surface area contributed by atoms with E-state index in [-0.39, 0.29) is 16.9 Å². The third kappa shape index (κ3) is 4.77. The van der Waals surface area contributed by atoms with E-state index in [1.807, 2.05) is 30.0 Å². The highest BCUT2D eigenvalue weighted by Crippen LogP contribution is 2.48. The van der Waals surface area contributed by atoms with Crippen LogP contribution in [0.5, 0.6) is 0 Å². The number of hydrogen-bond acceptors (Lipinski definition) is 3. The van der Waals surface area contributed by atoms with Crippen LogP contribution in [0, 0.1) is 18.6 Å². The lowest BCUT2D eigenvalue weighted by Crippen LogP contribution is -2.46. The summed E-state index contributed by atoms with van der Waals surface area (Å²) >= 11 is 12.5. The van der Waals surface area contributed by atoms with Crippen LogP contribution in [0.15, 0.2) is 54.6 Å². The molecule has 3 heterocycles. The first-order chi connectivity index (χ1) is 17.3. The van der Waals surface area contributed by atoms with Gasteiger partial charge >= 0.3 is 0 Å².